The molecule has 0 atom stereocenters. The molecular formula is C21H25N3O2. The zero-order valence-electron chi connectivity index (χ0n) is 15.1. The van der Waals surface area contributed by atoms with E-state index in [-0.39, 0.29) is 5.91 Å². The van der Waals surface area contributed by atoms with Crippen LogP contribution in [0.25, 0.3) is 0 Å². The van der Waals surface area contributed by atoms with Gasteiger partial charge in [0.15, 0.2) is 0 Å². The highest BCUT2D eigenvalue weighted by molar-refractivity contribution is 6.04. The lowest BCUT2D eigenvalue weighted by molar-refractivity contribution is 0.102. The molecule has 1 aromatic carbocycles. The molecule has 0 fully saturated rings. The Morgan fingerprint density at radius 3 is 2.65 bits per heavy atom. The van der Waals surface area contributed by atoms with Gasteiger partial charge in [-0.1, -0.05) is 11.6 Å². The number of allylic oxidation sites excluding steroid dienone is 1. The summed E-state index contributed by atoms with van der Waals surface area (Å²) >= 11 is 0. The van der Waals surface area contributed by atoms with Crippen LogP contribution in [0.2, 0.25) is 0 Å². The Kier molecular flexibility index (Phi) is 6.25. The average Bonchev–Trinajstić information content (AvgIpc) is 2.70. The number of nitrogens with zero attached hydrogens (tertiary/aromatic N) is 1. The number of hydrogen-bond donors (Lipinski definition) is 2. The standard InChI is InChI=1S/C21H25N3O2/c1-26-19-10-8-18(9-11-19)24-21(25)17-7-12-20(23-15-17)22-14-13-16-5-3-2-4-6-16/h5,7-12,15H,2-4,6,13-14H2,1H3,(H,22,23)(H,24,25). The van der Waals surface area contributed by atoms with Gasteiger partial charge in [0.05, 0.1) is 12.7 Å². The monoisotopic (exact) mass is 351 g/mol. The molecule has 26 heavy (non-hydrogen) atoms. The van der Waals surface area contributed by atoms with Crippen LogP contribution in [0.3, 0.4) is 0 Å². The molecule has 1 aliphatic rings. The van der Waals surface area contributed by atoms with E-state index in [9.17, 15) is 4.79 Å². The van der Waals surface area contributed by atoms with Crippen LogP contribution in [-0.4, -0.2) is 24.5 Å². The molecule has 5 heteroatoms. The van der Waals surface area contributed by atoms with E-state index >= 15 is 0 Å². The van der Waals surface area contributed by atoms with E-state index < -0.39 is 0 Å². The molecule has 0 radical (unpaired) electrons. The third-order valence-corrected chi connectivity index (χ3v) is 4.51. The van der Waals surface area contributed by atoms with Crippen molar-refractivity contribution in [3.63, 3.8) is 0 Å². The van der Waals surface area contributed by atoms with Crippen LogP contribution in [-0.2, 0) is 0 Å². The lowest BCUT2D eigenvalue weighted by Crippen LogP contribution is -2.12. The number of pyridine rings is 1. The molecule has 1 amide bonds. The van der Waals surface area contributed by atoms with Crippen molar-refractivity contribution in [2.24, 2.45) is 0 Å². The Labute approximate surface area is 154 Å². The van der Waals surface area contributed by atoms with Gasteiger partial charge in [-0.25, -0.2) is 4.98 Å². The molecule has 0 aliphatic heterocycles. The normalized spacial score (nSPS) is 13.7. The van der Waals surface area contributed by atoms with Crippen molar-refractivity contribution in [1.82, 2.24) is 4.98 Å². The number of benzene rings is 1. The summed E-state index contributed by atoms with van der Waals surface area (Å²) < 4.78 is 5.11. The number of amides is 1. The summed E-state index contributed by atoms with van der Waals surface area (Å²) in [6, 6.07) is 10.9. The maximum Gasteiger partial charge on any atom is 0.257 e. The average molecular weight is 351 g/mol. The molecule has 0 bridgehead atoms. The van der Waals surface area contributed by atoms with Gasteiger partial charge in [0.2, 0.25) is 0 Å². The number of carbonyl (C=O) groups excluding carboxylic acids is 1. The Balaban J connectivity index is 1.49. The van der Waals surface area contributed by atoms with Crippen molar-refractivity contribution in [3.05, 3.63) is 59.8 Å². The van der Waals surface area contributed by atoms with E-state index in [4.69, 9.17) is 4.74 Å². The zero-order valence-corrected chi connectivity index (χ0v) is 15.1. The second-order valence-electron chi connectivity index (χ2n) is 6.40. The quantitative estimate of drug-likeness (QED) is 0.713. The summed E-state index contributed by atoms with van der Waals surface area (Å²) in [4.78, 5) is 16.6. The molecule has 0 spiro atoms. The molecule has 2 aromatic rings. The molecule has 3 rings (SSSR count). The molecule has 136 valence electrons. The molecule has 1 aliphatic carbocycles. The lowest BCUT2D eigenvalue weighted by Gasteiger charge is -2.13. The van der Waals surface area contributed by atoms with Gasteiger partial charge >= 0.3 is 0 Å². The fourth-order valence-electron chi connectivity index (χ4n) is 2.99. The summed E-state index contributed by atoms with van der Waals surface area (Å²) in [5, 5.41) is 6.18. The van der Waals surface area contributed by atoms with E-state index in [0.717, 1.165) is 30.2 Å². The van der Waals surface area contributed by atoms with Gasteiger partial charge in [0.25, 0.3) is 5.91 Å². The van der Waals surface area contributed by atoms with Crippen molar-refractivity contribution < 1.29 is 9.53 Å². The molecule has 5 nitrogen and oxygen atoms in total. The van der Waals surface area contributed by atoms with E-state index in [1.165, 1.54) is 25.7 Å². The SMILES string of the molecule is COc1ccc(NC(=O)c2ccc(NCCC3=CCCCC3)nc2)cc1. The second kappa shape index (κ2) is 9.04. The number of carbonyl (C=O) groups is 1. The van der Waals surface area contributed by atoms with Crippen LogP contribution < -0.4 is 15.4 Å². The van der Waals surface area contributed by atoms with Crippen molar-refractivity contribution in [2.45, 2.75) is 32.1 Å². The number of hydrogen-bond acceptors (Lipinski definition) is 4. The van der Waals surface area contributed by atoms with E-state index in [0.29, 0.717) is 5.56 Å². The zero-order chi connectivity index (χ0) is 18.2. The predicted octanol–water partition coefficient (Wildman–Crippen LogP) is 4.64. The molecule has 2 N–H and O–H groups in total. The van der Waals surface area contributed by atoms with Crippen LogP contribution in [0, 0.1) is 0 Å². The number of methoxy groups -OCH3 is 1. The van der Waals surface area contributed by atoms with Gasteiger partial charge in [-0.15, -0.1) is 0 Å². The fourth-order valence-corrected chi connectivity index (χ4v) is 2.99. The van der Waals surface area contributed by atoms with Crippen molar-refractivity contribution >= 4 is 17.4 Å². The maximum absolute atomic E-state index is 12.3. The van der Waals surface area contributed by atoms with Crippen molar-refractivity contribution in [1.29, 1.82) is 0 Å². The first-order chi connectivity index (χ1) is 12.7. The van der Waals surface area contributed by atoms with Gasteiger partial charge < -0.3 is 15.4 Å². The first kappa shape index (κ1) is 18.0. The minimum absolute atomic E-state index is 0.179. The number of nitrogens with one attached hydrogen (secondary N) is 2. The summed E-state index contributed by atoms with van der Waals surface area (Å²) in [7, 11) is 1.61. The fraction of sp³-hybridized carbons (Fsp3) is 0.333. The summed E-state index contributed by atoms with van der Waals surface area (Å²) in [5.74, 6) is 1.37. The molecule has 0 saturated heterocycles. The van der Waals surface area contributed by atoms with Crippen LogP contribution in [0.1, 0.15) is 42.5 Å². The molecular weight excluding hydrogens is 326 g/mol. The van der Waals surface area contributed by atoms with Crippen LogP contribution in [0.5, 0.6) is 5.75 Å². The van der Waals surface area contributed by atoms with Gasteiger partial charge in [-0.05, 0) is 68.5 Å². The number of anilines is 2. The smallest absolute Gasteiger partial charge is 0.257 e. The highest BCUT2D eigenvalue weighted by atomic mass is 16.5. The topological polar surface area (TPSA) is 63.2 Å². The Bertz CT molecular complexity index is 752. The van der Waals surface area contributed by atoms with Gasteiger partial charge in [0.1, 0.15) is 11.6 Å². The minimum atomic E-state index is -0.179. The van der Waals surface area contributed by atoms with Crippen molar-refractivity contribution in [3.8, 4) is 5.75 Å². The van der Waals surface area contributed by atoms with Crippen molar-refractivity contribution in [2.75, 3.05) is 24.3 Å². The van der Waals surface area contributed by atoms with Gasteiger partial charge in [0, 0.05) is 18.4 Å². The summed E-state index contributed by atoms with van der Waals surface area (Å²) in [6.07, 6.45) is 10.1. The minimum Gasteiger partial charge on any atom is -0.497 e. The maximum atomic E-state index is 12.3. The first-order valence-electron chi connectivity index (χ1n) is 9.08. The molecule has 0 unspecified atom stereocenters. The largest absolute Gasteiger partial charge is 0.497 e. The summed E-state index contributed by atoms with van der Waals surface area (Å²) in [6.45, 7) is 0.871. The Morgan fingerprint density at radius 2 is 2.00 bits per heavy atom. The highest BCUT2D eigenvalue weighted by Gasteiger charge is 2.07. The third-order valence-electron chi connectivity index (χ3n) is 4.51. The van der Waals surface area contributed by atoms with Crippen LogP contribution >= 0.6 is 0 Å². The van der Waals surface area contributed by atoms with Crippen LogP contribution in [0.4, 0.5) is 11.5 Å². The first-order valence-corrected chi connectivity index (χ1v) is 9.08. The molecule has 1 heterocycles. The Morgan fingerprint density at radius 1 is 1.15 bits per heavy atom. The van der Waals surface area contributed by atoms with Crippen LogP contribution in [0.15, 0.2) is 54.2 Å². The second-order valence-corrected chi connectivity index (χ2v) is 6.40. The number of aromatic nitrogens is 1. The predicted molar refractivity (Wildman–Crippen MR) is 105 cm³/mol. The number of rotatable bonds is 7. The van der Waals surface area contributed by atoms with Gasteiger partial charge in [-0.2, -0.15) is 0 Å². The van der Waals surface area contributed by atoms with E-state index in [2.05, 4.69) is 21.7 Å². The summed E-state index contributed by atoms with van der Waals surface area (Å²) in [5.41, 5.74) is 2.79. The lowest BCUT2D eigenvalue weighted by atomic mass is 9.97. The highest BCUT2D eigenvalue weighted by Crippen LogP contribution is 2.20. The molecule has 1 aromatic heterocycles. The number of ether oxygens (including phenoxy) is 1. The Hall–Kier alpha value is -2.82. The van der Waals surface area contributed by atoms with E-state index in [1.54, 1.807) is 37.1 Å². The van der Waals surface area contributed by atoms with E-state index in [1.807, 2.05) is 18.2 Å². The third kappa shape index (κ3) is 5.09. The van der Waals surface area contributed by atoms with Gasteiger partial charge in [-0.3, -0.25) is 4.79 Å². The molecule has 0 saturated carbocycles.